The van der Waals surface area contributed by atoms with Crippen molar-refractivity contribution in [2.24, 2.45) is 5.92 Å². The van der Waals surface area contributed by atoms with E-state index in [1.54, 1.807) is 0 Å². The SMILES string of the molecule is Cc1ccc(C(=O)C2CCN(CC(=O)NC(C)(C)C)CC2)cc1. The van der Waals surface area contributed by atoms with Crippen molar-refractivity contribution >= 4 is 11.7 Å². The molecule has 0 unspecified atom stereocenters. The van der Waals surface area contributed by atoms with E-state index in [1.807, 2.05) is 52.0 Å². The van der Waals surface area contributed by atoms with Gasteiger partial charge in [0.2, 0.25) is 5.91 Å². The van der Waals surface area contributed by atoms with E-state index in [4.69, 9.17) is 0 Å². The Morgan fingerprint density at radius 3 is 2.22 bits per heavy atom. The van der Waals surface area contributed by atoms with Crippen molar-refractivity contribution in [3.63, 3.8) is 0 Å². The van der Waals surface area contributed by atoms with E-state index >= 15 is 0 Å². The standard InChI is InChI=1S/C19H28N2O2/c1-14-5-7-15(8-6-14)18(23)16-9-11-21(12-10-16)13-17(22)20-19(2,3)4/h5-8,16H,9-13H2,1-4H3,(H,20,22). The van der Waals surface area contributed by atoms with Crippen LogP contribution in [-0.2, 0) is 4.79 Å². The summed E-state index contributed by atoms with van der Waals surface area (Å²) in [5.74, 6) is 0.379. The topological polar surface area (TPSA) is 49.4 Å². The number of aryl methyl sites for hydroxylation is 1. The van der Waals surface area contributed by atoms with E-state index in [-0.39, 0.29) is 23.1 Å². The molecule has 1 fully saturated rings. The average Bonchev–Trinajstić information content (AvgIpc) is 2.46. The molecule has 2 rings (SSSR count). The molecule has 0 aliphatic carbocycles. The van der Waals surface area contributed by atoms with Gasteiger partial charge in [-0.3, -0.25) is 14.5 Å². The predicted octanol–water partition coefficient (Wildman–Crippen LogP) is 2.80. The van der Waals surface area contributed by atoms with Crippen molar-refractivity contribution in [3.05, 3.63) is 35.4 Å². The fraction of sp³-hybridized carbons (Fsp3) is 0.579. The maximum atomic E-state index is 12.5. The third kappa shape index (κ3) is 5.47. The van der Waals surface area contributed by atoms with Gasteiger partial charge in [0.25, 0.3) is 0 Å². The molecule has 1 N–H and O–H groups in total. The van der Waals surface area contributed by atoms with Gasteiger partial charge in [-0.1, -0.05) is 29.8 Å². The Morgan fingerprint density at radius 1 is 1.13 bits per heavy atom. The Hall–Kier alpha value is -1.68. The van der Waals surface area contributed by atoms with E-state index in [0.29, 0.717) is 6.54 Å². The molecule has 23 heavy (non-hydrogen) atoms. The molecule has 0 bridgehead atoms. The maximum Gasteiger partial charge on any atom is 0.234 e. The Balaban J connectivity index is 1.83. The summed E-state index contributed by atoms with van der Waals surface area (Å²) in [6, 6.07) is 7.81. The van der Waals surface area contributed by atoms with Gasteiger partial charge in [0.15, 0.2) is 5.78 Å². The highest BCUT2D eigenvalue weighted by Crippen LogP contribution is 2.22. The number of Topliss-reactive ketones (excluding diaryl/α,β-unsaturated/α-hetero) is 1. The van der Waals surface area contributed by atoms with Crippen LogP contribution in [-0.4, -0.2) is 41.8 Å². The second-order valence-corrected chi connectivity index (χ2v) is 7.58. The van der Waals surface area contributed by atoms with Crippen molar-refractivity contribution < 1.29 is 9.59 Å². The largest absolute Gasteiger partial charge is 0.350 e. The molecule has 0 spiro atoms. The van der Waals surface area contributed by atoms with Crippen LogP contribution in [0.4, 0.5) is 0 Å². The predicted molar refractivity (Wildman–Crippen MR) is 92.6 cm³/mol. The minimum atomic E-state index is -0.198. The number of nitrogens with one attached hydrogen (secondary N) is 1. The minimum absolute atomic E-state index is 0.0563. The molecule has 4 nitrogen and oxygen atoms in total. The Morgan fingerprint density at radius 2 is 1.70 bits per heavy atom. The van der Waals surface area contributed by atoms with Crippen LogP contribution >= 0.6 is 0 Å². The molecule has 0 aromatic heterocycles. The number of hydrogen-bond acceptors (Lipinski definition) is 3. The van der Waals surface area contributed by atoms with E-state index in [0.717, 1.165) is 31.5 Å². The molecule has 4 heteroatoms. The van der Waals surface area contributed by atoms with Gasteiger partial charge in [0.05, 0.1) is 6.54 Å². The molecule has 126 valence electrons. The second kappa shape index (κ2) is 7.26. The maximum absolute atomic E-state index is 12.5. The van der Waals surface area contributed by atoms with Crippen molar-refractivity contribution in [3.8, 4) is 0 Å². The highest BCUT2D eigenvalue weighted by molar-refractivity contribution is 5.97. The lowest BCUT2D eigenvalue weighted by Gasteiger charge is -2.31. The van der Waals surface area contributed by atoms with Gasteiger partial charge >= 0.3 is 0 Å². The number of amides is 1. The lowest BCUT2D eigenvalue weighted by molar-refractivity contribution is -0.123. The van der Waals surface area contributed by atoms with Gasteiger partial charge in [-0.15, -0.1) is 0 Å². The third-order valence-electron chi connectivity index (χ3n) is 4.18. The molecular weight excluding hydrogens is 288 g/mol. The summed E-state index contributed by atoms with van der Waals surface area (Å²) in [5, 5.41) is 2.98. The van der Waals surface area contributed by atoms with E-state index in [1.165, 1.54) is 5.56 Å². The summed E-state index contributed by atoms with van der Waals surface area (Å²) >= 11 is 0. The lowest BCUT2D eigenvalue weighted by Crippen LogP contribution is -2.47. The lowest BCUT2D eigenvalue weighted by atomic mass is 9.88. The smallest absolute Gasteiger partial charge is 0.234 e. The monoisotopic (exact) mass is 316 g/mol. The Labute approximate surface area is 139 Å². The summed E-state index contributed by atoms with van der Waals surface area (Å²) in [6.07, 6.45) is 1.66. The van der Waals surface area contributed by atoms with E-state index in [2.05, 4.69) is 10.2 Å². The molecule has 1 amide bonds. The van der Waals surface area contributed by atoms with Crippen LogP contribution in [0.15, 0.2) is 24.3 Å². The van der Waals surface area contributed by atoms with Crippen LogP contribution in [0.5, 0.6) is 0 Å². The average molecular weight is 316 g/mol. The summed E-state index contributed by atoms with van der Waals surface area (Å²) in [4.78, 5) is 26.6. The first-order valence-corrected chi connectivity index (χ1v) is 8.39. The van der Waals surface area contributed by atoms with Crippen LogP contribution in [0.25, 0.3) is 0 Å². The number of hydrogen-bond donors (Lipinski definition) is 1. The Kier molecular flexibility index (Phi) is 5.58. The molecule has 1 aliphatic rings. The number of carbonyl (C=O) groups excluding carboxylic acids is 2. The zero-order valence-corrected chi connectivity index (χ0v) is 14.7. The van der Waals surface area contributed by atoms with E-state index in [9.17, 15) is 9.59 Å². The number of ketones is 1. The first-order chi connectivity index (χ1) is 10.7. The second-order valence-electron chi connectivity index (χ2n) is 7.58. The number of rotatable bonds is 4. The zero-order chi connectivity index (χ0) is 17.0. The first kappa shape index (κ1) is 17.7. The fourth-order valence-corrected chi connectivity index (χ4v) is 2.97. The quantitative estimate of drug-likeness (QED) is 0.869. The van der Waals surface area contributed by atoms with E-state index < -0.39 is 0 Å². The molecular formula is C19H28N2O2. The highest BCUT2D eigenvalue weighted by Gasteiger charge is 2.27. The summed E-state index contributed by atoms with van der Waals surface area (Å²) in [5.41, 5.74) is 1.78. The number of carbonyl (C=O) groups is 2. The van der Waals surface area contributed by atoms with Crippen molar-refractivity contribution in [1.82, 2.24) is 10.2 Å². The molecule has 1 aromatic carbocycles. The van der Waals surface area contributed by atoms with Crippen LogP contribution in [0.2, 0.25) is 0 Å². The molecule has 1 aromatic rings. The Bertz CT molecular complexity index is 550. The summed E-state index contributed by atoms with van der Waals surface area (Å²) in [6.45, 7) is 10.0. The van der Waals surface area contributed by atoms with Gasteiger partial charge in [0, 0.05) is 17.0 Å². The van der Waals surface area contributed by atoms with Crippen LogP contribution in [0, 0.1) is 12.8 Å². The van der Waals surface area contributed by atoms with Gasteiger partial charge in [-0.2, -0.15) is 0 Å². The van der Waals surface area contributed by atoms with Crippen molar-refractivity contribution in [2.45, 2.75) is 46.1 Å². The van der Waals surface area contributed by atoms with Crippen LogP contribution in [0.1, 0.15) is 49.5 Å². The number of likely N-dealkylation sites (tertiary alicyclic amines) is 1. The number of piperidine rings is 1. The number of benzene rings is 1. The molecule has 1 saturated heterocycles. The first-order valence-electron chi connectivity index (χ1n) is 8.39. The summed E-state index contributed by atoms with van der Waals surface area (Å²) in [7, 11) is 0. The zero-order valence-electron chi connectivity index (χ0n) is 14.7. The molecule has 1 heterocycles. The van der Waals surface area contributed by atoms with Gasteiger partial charge < -0.3 is 5.32 Å². The van der Waals surface area contributed by atoms with Gasteiger partial charge in [-0.05, 0) is 53.6 Å². The normalized spacial score (nSPS) is 17.0. The third-order valence-corrected chi connectivity index (χ3v) is 4.18. The fourth-order valence-electron chi connectivity index (χ4n) is 2.97. The minimum Gasteiger partial charge on any atom is -0.350 e. The van der Waals surface area contributed by atoms with Crippen molar-refractivity contribution in [1.29, 1.82) is 0 Å². The van der Waals surface area contributed by atoms with Gasteiger partial charge in [0.1, 0.15) is 0 Å². The molecule has 0 radical (unpaired) electrons. The van der Waals surface area contributed by atoms with Crippen molar-refractivity contribution in [2.75, 3.05) is 19.6 Å². The number of nitrogens with zero attached hydrogens (tertiary/aromatic N) is 1. The molecule has 0 atom stereocenters. The van der Waals surface area contributed by atoms with Crippen LogP contribution in [0.3, 0.4) is 0 Å². The summed E-state index contributed by atoms with van der Waals surface area (Å²) < 4.78 is 0. The van der Waals surface area contributed by atoms with Crippen LogP contribution < -0.4 is 5.32 Å². The molecule has 1 aliphatic heterocycles. The van der Waals surface area contributed by atoms with Gasteiger partial charge in [-0.25, -0.2) is 0 Å². The highest BCUT2D eigenvalue weighted by atomic mass is 16.2. The molecule has 0 saturated carbocycles.